The molecular formula is C29H53N2O7P. The van der Waals surface area contributed by atoms with Gasteiger partial charge in [0.15, 0.2) is 0 Å². The number of benzene rings is 1. The van der Waals surface area contributed by atoms with Crippen molar-refractivity contribution in [1.29, 1.82) is 0 Å². The number of rotatable bonds is 20. The molecule has 0 aromatic heterocycles. The minimum absolute atomic E-state index is 0.0918. The Morgan fingerprint density at radius 2 is 1.59 bits per heavy atom. The highest BCUT2D eigenvalue weighted by molar-refractivity contribution is 7.53. The van der Waals surface area contributed by atoms with Gasteiger partial charge in [0.25, 0.3) is 0 Å². The smallest absolute Gasteiger partial charge is 0.407 e. The second-order valence-electron chi connectivity index (χ2n) is 11.8. The Kier molecular flexibility index (Phi) is 16.5. The Bertz CT molecular complexity index is 832. The van der Waals surface area contributed by atoms with Gasteiger partial charge >= 0.3 is 13.7 Å². The molecule has 0 spiro atoms. The second-order valence-corrected chi connectivity index (χ2v) is 13.8. The van der Waals surface area contributed by atoms with Gasteiger partial charge in [0.2, 0.25) is 0 Å². The van der Waals surface area contributed by atoms with E-state index in [0.29, 0.717) is 32.8 Å². The van der Waals surface area contributed by atoms with E-state index in [-0.39, 0.29) is 18.3 Å². The molecule has 0 aliphatic carbocycles. The van der Waals surface area contributed by atoms with E-state index in [2.05, 4.69) is 10.6 Å². The summed E-state index contributed by atoms with van der Waals surface area (Å²) in [5, 5.41) is 17.1. The summed E-state index contributed by atoms with van der Waals surface area (Å²) in [6.07, 6.45) is 2.46. The number of carbonyl (C=O) groups excluding carboxylic acids is 1. The summed E-state index contributed by atoms with van der Waals surface area (Å²) < 4.78 is 35.5. The number of unbranched alkanes of at least 4 members (excludes halogenated alkanes) is 2. The Morgan fingerprint density at radius 1 is 1.00 bits per heavy atom. The largest absolute Gasteiger partial charge is 0.444 e. The molecule has 0 radical (unpaired) electrons. The van der Waals surface area contributed by atoms with Crippen LogP contribution in [0.5, 0.6) is 0 Å². The third kappa shape index (κ3) is 17.1. The summed E-state index contributed by atoms with van der Waals surface area (Å²) in [6.45, 7) is 15.4. The van der Waals surface area contributed by atoms with E-state index in [9.17, 15) is 14.5 Å². The first-order valence-corrected chi connectivity index (χ1v) is 15.9. The van der Waals surface area contributed by atoms with E-state index < -0.39 is 31.4 Å². The quantitative estimate of drug-likeness (QED) is 0.131. The number of amides is 1. The highest BCUT2D eigenvalue weighted by Crippen LogP contribution is 2.48. The van der Waals surface area contributed by atoms with E-state index >= 15 is 0 Å². The first-order chi connectivity index (χ1) is 18.3. The summed E-state index contributed by atoms with van der Waals surface area (Å²) in [6, 6.07) is 9.16. The third-order valence-corrected chi connectivity index (χ3v) is 7.39. The number of alkyl carbamates (subject to hydrolysis) is 1. The SMILES string of the molecule is CCCCOP(=O)(COCC(C)(C)CNC[C@@H](O)[C@H](Cc1ccccc1)NC(=O)OC(C)(C)C)OCCCC. The lowest BCUT2D eigenvalue weighted by atomic mass is 9.94. The highest BCUT2D eigenvalue weighted by atomic mass is 31.2. The zero-order chi connectivity index (χ0) is 29.4. The van der Waals surface area contributed by atoms with Crippen molar-refractivity contribution in [2.24, 2.45) is 5.41 Å². The lowest BCUT2D eigenvalue weighted by Crippen LogP contribution is -2.50. The molecule has 0 heterocycles. The van der Waals surface area contributed by atoms with Crippen molar-refractivity contribution in [3.8, 4) is 0 Å². The molecule has 0 aliphatic heterocycles. The number of carbonyl (C=O) groups is 1. The first kappa shape index (κ1) is 35.5. The number of aliphatic hydroxyl groups excluding tert-OH is 1. The summed E-state index contributed by atoms with van der Waals surface area (Å²) in [5.74, 6) is 0. The highest BCUT2D eigenvalue weighted by Gasteiger charge is 2.28. The maximum atomic E-state index is 13.1. The molecule has 1 aromatic carbocycles. The Morgan fingerprint density at radius 3 is 2.13 bits per heavy atom. The molecule has 226 valence electrons. The van der Waals surface area contributed by atoms with Gasteiger partial charge in [0.1, 0.15) is 11.9 Å². The average Bonchev–Trinajstić information content (AvgIpc) is 2.83. The van der Waals surface area contributed by atoms with Crippen molar-refractivity contribution in [2.45, 2.75) is 98.3 Å². The summed E-state index contributed by atoms with van der Waals surface area (Å²) >= 11 is 0. The number of aliphatic hydroxyl groups is 1. The van der Waals surface area contributed by atoms with Crippen LogP contribution in [0.2, 0.25) is 0 Å². The fourth-order valence-corrected chi connectivity index (χ4v) is 4.96. The van der Waals surface area contributed by atoms with Gasteiger partial charge in [-0.05, 0) is 45.6 Å². The van der Waals surface area contributed by atoms with E-state index in [0.717, 1.165) is 31.2 Å². The van der Waals surface area contributed by atoms with Gasteiger partial charge in [-0.25, -0.2) is 4.79 Å². The Hall–Kier alpha value is -1.48. The molecule has 1 rings (SSSR count). The summed E-state index contributed by atoms with van der Waals surface area (Å²) in [4.78, 5) is 12.4. The van der Waals surface area contributed by atoms with Crippen molar-refractivity contribution in [3.05, 3.63) is 35.9 Å². The van der Waals surface area contributed by atoms with Crippen molar-refractivity contribution in [2.75, 3.05) is 39.3 Å². The maximum Gasteiger partial charge on any atom is 0.407 e. The molecule has 0 saturated carbocycles. The monoisotopic (exact) mass is 572 g/mol. The zero-order valence-corrected chi connectivity index (χ0v) is 26.1. The number of hydrogen-bond donors (Lipinski definition) is 3. The molecule has 0 aliphatic rings. The molecule has 1 aromatic rings. The van der Waals surface area contributed by atoms with Crippen molar-refractivity contribution < 1.29 is 33.0 Å². The Labute approximate surface area is 236 Å². The molecule has 9 nitrogen and oxygen atoms in total. The lowest BCUT2D eigenvalue weighted by Gasteiger charge is -2.29. The third-order valence-electron chi connectivity index (χ3n) is 5.74. The molecule has 10 heteroatoms. The van der Waals surface area contributed by atoms with Crippen LogP contribution in [0.1, 0.15) is 79.7 Å². The van der Waals surface area contributed by atoms with Crippen LogP contribution in [0.3, 0.4) is 0 Å². The molecule has 0 fully saturated rings. The van der Waals surface area contributed by atoms with E-state index in [1.165, 1.54) is 0 Å². The van der Waals surface area contributed by atoms with Crippen LogP contribution in [-0.4, -0.2) is 68.2 Å². The van der Waals surface area contributed by atoms with Gasteiger partial charge < -0.3 is 34.3 Å². The van der Waals surface area contributed by atoms with Crippen LogP contribution >= 0.6 is 7.60 Å². The fraction of sp³-hybridized carbons (Fsp3) is 0.759. The van der Waals surface area contributed by atoms with Crippen LogP contribution < -0.4 is 10.6 Å². The fourth-order valence-electron chi connectivity index (χ4n) is 3.60. The van der Waals surface area contributed by atoms with Gasteiger partial charge in [0.05, 0.1) is 32.0 Å². The van der Waals surface area contributed by atoms with E-state index in [4.69, 9.17) is 18.5 Å². The summed E-state index contributed by atoms with van der Waals surface area (Å²) in [5.41, 5.74) is 0.0454. The van der Waals surface area contributed by atoms with Gasteiger partial charge in [-0.2, -0.15) is 0 Å². The molecule has 0 unspecified atom stereocenters. The summed E-state index contributed by atoms with van der Waals surface area (Å²) in [7, 11) is -3.32. The minimum atomic E-state index is -3.32. The van der Waals surface area contributed by atoms with Crippen molar-refractivity contribution in [3.63, 3.8) is 0 Å². The molecule has 0 bridgehead atoms. The van der Waals surface area contributed by atoms with Crippen molar-refractivity contribution in [1.82, 2.24) is 10.6 Å². The molecule has 3 N–H and O–H groups in total. The Balaban J connectivity index is 2.63. The first-order valence-electron chi connectivity index (χ1n) is 14.2. The molecule has 0 saturated heterocycles. The minimum Gasteiger partial charge on any atom is -0.444 e. The standard InChI is InChI=1S/C29H53N2O7P/c1-8-10-17-36-39(34,37-18-11-9-2)23-35-22-29(6,7)21-30-20-26(32)25(19-24-15-13-12-14-16-24)31-27(33)38-28(3,4)5/h12-16,25-26,30,32H,8-11,17-23H2,1-7H3,(H,31,33)/t25-,26+/m0/s1. The predicted octanol–water partition coefficient (Wildman–Crippen LogP) is 5.90. The van der Waals surface area contributed by atoms with Gasteiger partial charge in [-0.1, -0.05) is 70.9 Å². The van der Waals surface area contributed by atoms with Crippen LogP contribution in [0.25, 0.3) is 0 Å². The number of nitrogens with one attached hydrogen (secondary N) is 2. The predicted molar refractivity (Wildman–Crippen MR) is 156 cm³/mol. The number of ether oxygens (including phenoxy) is 2. The van der Waals surface area contributed by atoms with Crippen LogP contribution in [-0.2, 0) is 29.5 Å². The lowest BCUT2D eigenvalue weighted by molar-refractivity contribution is 0.0409. The van der Waals surface area contributed by atoms with Crippen LogP contribution in [0, 0.1) is 5.41 Å². The van der Waals surface area contributed by atoms with Gasteiger partial charge in [0, 0.05) is 18.5 Å². The molecule has 1 amide bonds. The van der Waals surface area contributed by atoms with Crippen LogP contribution in [0.4, 0.5) is 4.79 Å². The molecular weight excluding hydrogens is 519 g/mol. The van der Waals surface area contributed by atoms with E-state index in [1.807, 2.05) is 58.0 Å². The van der Waals surface area contributed by atoms with Crippen molar-refractivity contribution >= 4 is 13.7 Å². The molecule has 2 atom stereocenters. The van der Waals surface area contributed by atoms with E-state index in [1.54, 1.807) is 20.8 Å². The van der Waals surface area contributed by atoms with Gasteiger partial charge in [-0.3, -0.25) is 4.57 Å². The maximum absolute atomic E-state index is 13.1. The topological polar surface area (TPSA) is 115 Å². The number of hydrogen-bond acceptors (Lipinski definition) is 8. The average molecular weight is 573 g/mol. The normalized spacial score (nSPS) is 14.2. The second kappa shape index (κ2) is 18.1. The van der Waals surface area contributed by atoms with Crippen LogP contribution in [0.15, 0.2) is 30.3 Å². The zero-order valence-electron chi connectivity index (χ0n) is 25.2. The van der Waals surface area contributed by atoms with Gasteiger partial charge in [-0.15, -0.1) is 0 Å². The molecule has 39 heavy (non-hydrogen) atoms.